The van der Waals surface area contributed by atoms with Gasteiger partial charge in [-0.1, -0.05) is 0 Å². The molecule has 0 amide bonds. The van der Waals surface area contributed by atoms with Gasteiger partial charge in [0, 0.05) is 51.5 Å². The zero-order valence-electron chi connectivity index (χ0n) is 11.4. The minimum Gasteiger partial charge on any atom is -0.379 e. The Morgan fingerprint density at radius 3 is 2.70 bits per heavy atom. The van der Waals surface area contributed by atoms with Crippen molar-refractivity contribution in [1.29, 1.82) is 0 Å². The lowest BCUT2D eigenvalue weighted by Crippen LogP contribution is -2.40. The molecule has 1 aromatic heterocycles. The smallest absolute Gasteiger partial charge is 0.379 e. The molecule has 1 N–H and O–H groups in total. The SMILES string of the molecule is Cn1cc(CNCCN2CCOCC2)c(C(F)(F)F)n1. The van der Waals surface area contributed by atoms with Crippen LogP contribution in [-0.2, 0) is 24.5 Å². The van der Waals surface area contributed by atoms with Crippen LogP contribution in [0.15, 0.2) is 6.20 Å². The molecule has 20 heavy (non-hydrogen) atoms. The molecule has 0 aromatic carbocycles. The van der Waals surface area contributed by atoms with Gasteiger partial charge in [0.1, 0.15) is 0 Å². The molecule has 0 atom stereocenters. The van der Waals surface area contributed by atoms with Crippen LogP contribution in [-0.4, -0.2) is 54.1 Å². The molecule has 0 spiro atoms. The lowest BCUT2D eigenvalue weighted by Gasteiger charge is -2.26. The van der Waals surface area contributed by atoms with Crippen molar-refractivity contribution >= 4 is 0 Å². The molecule has 0 saturated carbocycles. The highest BCUT2D eigenvalue weighted by atomic mass is 19.4. The van der Waals surface area contributed by atoms with Crippen LogP contribution in [0.3, 0.4) is 0 Å². The highest BCUT2D eigenvalue weighted by Gasteiger charge is 2.36. The van der Waals surface area contributed by atoms with Gasteiger partial charge < -0.3 is 10.1 Å². The molecule has 0 aliphatic carbocycles. The summed E-state index contributed by atoms with van der Waals surface area (Å²) < 4.78 is 44.6. The number of hydrogen-bond donors (Lipinski definition) is 1. The van der Waals surface area contributed by atoms with Crippen molar-refractivity contribution in [2.24, 2.45) is 7.05 Å². The molecule has 1 saturated heterocycles. The van der Waals surface area contributed by atoms with Crippen LogP contribution >= 0.6 is 0 Å². The van der Waals surface area contributed by atoms with Crippen molar-refractivity contribution in [3.8, 4) is 0 Å². The van der Waals surface area contributed by atoms with E-state index in [9.17, 15) is 13.2 Å². The standard InChI is InChI=1S/C12H19F3N4O/c1-18-9-10(11(17-18)12(13,14)15)8-16-2-3-19-4-6-20-7-5-19/h9,16H,2-8H2,1H3. The van der Waals surface area contributed by atoms with Gasteiger partial charge in [0.15, 0.2) is 5.69 Å². The molecule has 8 heteroatoms. The zero-order valence-corrected chi connectivity index (χ0v) is 11.4. The van der Waals surface area contributed by atoms with Gasteiger partial charge in [0.2, 0.25) is 0 Å². The largest absolute Gasteiger partial charge is 0.435 e. The first kappa shape index (κ1) is 15.3. The van der Waals surface area contributed by atoms with E-state index in [4.69, 9.17) is 4.74 Å². The summed E-state index contributed by atoms with van der Waals surface area (Å²) in [7, 11) is 1.49. The molecule has 5 nitrogen and oxygen atoms in total. The van der Waals surface area contributed by atoms with Gasteiger partial charge in [-0.3, -0.25) is 9.58 Å². The van der Waals surface area contributed by atoms with E-state index in [-0.39, 0.29) is 12.1 Å². The predicted molar refractivity (Wildman–Crippen MR) is 67.2 cm³/mol. The molecule has 1 aromatic rings. The predicted octanol–water partition coefficient (Wildman–Crippen LogP) is 0.861. The Morgan fingerprint density at radius 2 is 2.05 bits per heavy atom. The molecular formula is C12H19F3N4O. The Bertz CT molecular complexity index is 427. The minimum atomic E-state index is -4.40. The highest BCUT2D eigenvalue weighted by Crippen LogP contribution is 2.30. The summed E-state index contributed by atoms with van der Waals surface area (Å²) in [6.07, 6.45) is -2.99. The number of nitrogens with one attached hydrogen (secondary N) is 1. The van der Waals surface area contributed by atoms with E-state index in [0.717, 1.165) is 32.8 Å². The summed E-state index contributed by atoms with van der Waals surface area (Å²) in [6.45, 7) is 4.83. The van der Waals surface area contributed by atoms with E-state index < -0.39 is 11.9 Å². The van der Waals surface area contributed by atoms with Crippen LogP contribution in [0.4, 0.5) is 13.2 Å². The molecule has 114 valence electrons. The van der Waals surface area contributed by atoms with E-state index in [2.05, 4.69) is 15.3 Å². The summed E-state index contributed by atoms with van der Waals surface area (Å²) in [4.78, 5) is 2.23. The van der Waals surface area contributed by atoms with Gasteiger partial charge in [0.05, 0.1) is 13.2 Å². The summed E-state index contributed by atoms with van der Waals surface area (Å²) in [5, 5.41) is 6.51. The van der Waals surface area contributed by atoms with E-state index in [1.807, 2.05) is 0 Å². The number of alkyl halides is 3. The normalized spacial score (nSPS) is 17.6. The Balaban J connectivity index is 1.79. The van der Waals surface area contributed by atoms with E-state index in [1.54, 1.807) is 0 Å². The average molecular weight is 292 g/mol. The van der Waals surface area contributed by atoms with Crippen molar-refractivity contribution in [3.05, 3.63) is 17.5 Å². The molecule has 1 aliphatic rings. The number of aromatic nitrogens is 2. The second-order valence-electron chi connectivity index (χ2n) is 4.81. The quantitative estimate of drug-likeness (QED) is 0.818. The summed E-state index contributed by atoms with van der Waals surface area (Å²) in [6, 6.07) is 0. The first-order valence-corrected chi connectivity index (χ1v) is 6.57. The number of nitrogens with zero attached hydrogens (tertiary/aromatic N) is 3. The van der Waals surface area contributed by atoms with Crippen LogP contribution in [0.2, 0.25) is 0 Å². The average Bonchev–Trinajstić information content (AvgIpc) is 2.77. The van der Waals surface area contributed by atoms with Crippen LogP contribution in [0.25, 0.3) is 0 Å². The topological polar surface area (TPSA) is 42.3 Å². The number of rotatable bonds is 5. The number of aryl methyl sites for hydroxylation is 1. The van der Waals surface area contributed by atoms with Crippen LogP contribution in [0.5, 0.6) is 0 Å². The highest BCUT2D eigenvalue weighted by molar-refractivity contribution is 5.19. The van der Waals surface area contributed by atoms with E-state index in [0.29, 0.717) is 6.54 Å². The van der Waals surface area contributed by atoms with E-state index in [1.165, 1.54) is 17.9 Å². The number of halogens is 3. The van der Waals surface area contributed by atoms with Crippen LogP contribution in [0, 0.1) is 0 Å². The zero-order chi connectivity index (χ0) is 14.6. The van der Waals surface area contributed by atoms with Crippen molar-refractivity contribution in [3.63, 3.8) is 0 Å². The van der Waals surface area contributed by atoms with Gasteiger partial charge in [-0.25, -0.2) is 0 Å². The molecule has 2 rings (SSSR count). The molecule has 1 fully saturated rings. The number of morpholine rings is 1. The van der Waals surface area contributed by atoms with E-state index >= 15 is 0 Å². The molecule has 2 heterocycles. The third kappa shape index (κ3) is 4.19. The maximum Gasteiger partial charge on any atom is 0.435 e. The van der Waals surface area contributed by atoms with Crippen molar-refractivity contribution in [2.75, 3.05) is 39.4 Å². The van der Waals surface area contributed by atoms with Crippen LogP contribution in [0.1, 0.15) is 11.3 Å². The first-order chi connectivity index (χ1) is 9.47. The monoisotopic (exact) mass is 292 g/mol. The second-order valence-corrected chi connectivity index (χ2v) is 4.81. The number of hydrogen-bond acceptors (Lipinski definition) is 4. The molecule has 1 aliphatic heterocycles. The molecule has 0 radical (unpaired) electrons. The fourth-order valence-electron chi connectivity index (χ4n) is 2.19. The molecular weight excluding hydrogens is 273 g/mol. The van der Waals surface area contributed by atoms with Crippen molar-refractivity contribution in [1.82, 2.24) is 20.0 Å². The maximum atomic E-state index is 12.7. The summed E-state index contributed by atoms with van der Waals surface area (Å²) >= 11 is 0. The third-order valence-electron chi connectivity index (χ3n) is 3.20. The van der Waals surface area contributed by atoms with Gasteiger partial charge in [-0.05, 0) is 0 Å². The van der Waals surface area contributed by atoms with Gasteiger partial charge in [-0.2, -0.15) is 18.3 Å². The first-order valence-electron chi connectivity index (χ1n) is 6.57. The molecule has 0 bridgehead atoms. The van der Waals surface area contributed by atoms with Crippen molar-refractivity contribution < 1.29 is 17.9 Å². The summed E-state index contributed by atoms with van der Waals surface area (Å²) in [5.74, 6) is 0. The number of ether oxygens (including phenoxy) is 1. The minimum absolute atomic E-state index is 0.174. The fraction of sp³-hybridized carbons (Fsp3) is 0.750. The summed E-state index contributed by atoms with van der Waals surface area (Å²) in [5.41, 5.74) is -0.624. The molecule has 0 unspecified atom stereocenters. The Kier molecular flexibility index (Phi) is 5.00. The third-order valence-corrected chi connectivity index (χ3v) is 3.20. The Morgan fingerprint density at radius 1 is 1.35 bits per heavy atom. The van der Waals surface area contributed by atoms with Crippen LogP contribution < -0.4 is 5.32 Å². The van der Waals surface area contributed by atoms with Gasteiger partial charge in [-0.15, -0.1) is 0 Å². The second kappa shape index (κ2) is 6.55. The lowest BCUT2D eigenvalue weighted by molar-refractivity contribution is -0.142. The van der Waals surface area contributed by atoms with Gasteiger partial charge in [0.25, 0.3) is 0 Å². The Labute approximate surface area is 115 Å². The maximum absolute atomic E-state index is 12.7. The Hall–Kier alpha value is -1.12. The van der Waals surface area contributed by atoms with Crippen molar-refractivity contribution in [2.45, 2.75) is 12.7 Å². The lowest BCUT2D eigenvalue weighted by atomic mass is 10.2. The fourth-order valence-corrected chi connectivity index (χ4v) is 2.19. The van der Waals surface area contributed by atoms with Gasteiger partial charge >= 0.3 is 6.18 Å².